The van der Waals surface area contributed by atoms with Crippen molar-refractivity contribution in [3.8, 4) is 5.13 Å². The van der Waals surface area contributed by atoms with Gasteiger partial charge < -0.3 is 0 Å². The zero-order chi connectivity index (χ0) is 13.8. The number of benzene rings is 1. The number of rotatable bonds is 4. The average molecular weight is 282 g/mol. The Labute approximate surface area is 119 Å². The molecule has 0 aliphatic rings. The van der Waals surface area contributed by atoms with E-state index in [1.807, 2.05) is 47.9 Å². The number of aromatic nitrogens is 4. The van der Waals surface area contributed by atoms with Gasteiger partial charge in [0.25, 0.3) is 0 Å². The molecule has 3 rings (SSSR count). The molecule has 0 aliphatic carbocycles. The molecule has 5 nitrogen and oxygen atoms in total. The lowest BCUT2D eigenvalue weighted by atomic mass is 10.2. The molecule has 0 bridgehead atoms. The molecule has 2 heterocycles. The van der Waals surface area contributed by atoms with E-state index in [0.717, 1.165) is 5.56 Å². The summed E-state index contributed by atoms with van der Waals surface area (Å²) in [4.78, 5) is 15.2. The Bertz CT molecular complexity index is 732. The summed E-state index contributed by atoms with van der Waals surface area (Å²) < 4.78 is 1.56. The summed E-state index contributed by atoms with van der Waals surface area (Å²) in [6.07, 6.45) is 6.12. The molecule has 0 spiro atoms. The minimum atomic E-state index is 0.299. The van der Waals surface area contributed by atoms with Gasteiger partial charge in [-0.15, -0.1) is 16.4 Å². The third-order valence-corrected chi connectivity index (χ3v) is 3.42. The van der Waals surface area contributed by atoms with Gasteiger partial charge in [-0.05, 0) is 11.6 Å². The van der Waals surface area contributed by atoms with E-state index >= 15 is 0 Å². The molecule has 20 heavy (non-hydrogen) atoms. The fraction of sp³-hybridized carbons (Fsp3) is 0. The van der Waals surface area contributed by atoms with Crippen molar-refractivity contribution in [1.29, 1.82) is 0 Å². The van der Waals surface area contributed by atoms with Gasteiger partial charge in [0, 0.05) is 11.6 Å². The Morgan fingerprint density at radius 3 is 2.70 bits per heavy atom. The highest BCUT2D eigenvalue weighted by Gasteiger charge is 2.12. The topological polar surface area (TPSA) is 60.7 Å². The number of aldehydes is 1. The van der Waals surface area contributed by atoms with Gasteiger partial charge in [0.1, 0.15) is 5.69 Å². The van der Waals surface area contributed by atoms with Crippen LogP contribution < -0.4 is 0 Å². The first kappa shape index (κ1) is 12.4. The van der Waals surface area contributed by atoms with Crippen LogP contribution in [0.2, 0.25) is 0 Å². The minimum absolute atomic E-state index is 0.299. The number of hydrogen-bond acceptors (Lipinski definition) is 5. The van der Waals surface area contributed by atoms with E-state index in [2.05, 4.69) is 15.3 Å². The Kier molecular flexibility index (Phi) is 3.47. The normalized spacial score (nSPS) is 11.0. The lowest BCUT2D eigenvalue weighted by Crippen LogP contribution is -1.98. The third-order valence-electron chi connectivity index (χ3n) is 2.68. The molecule has 0 radical (unpaired) electrons. The molecular formula is C14H10N4OS. The molecule has 0 unspecified atom stereocenters. The van der Waals surface area contributed by atoms with E-state index in [1.165, 1.54) is 11.3 Å². The SMILES string of the molecule is O=Cc1nnn(-c2nccs2)c1/C=C/c1ccccc1. The molecule has 0 saturated heterocycles. The summed E-state index contributed by atoms with van der Waals surface area (Å²) in [7, 11) is 0. The lowest BCUT2D eigenvalue weighted by molar-refractivity contribution is 0.111. The summed E-state index contributed by atoms with van der Waals surface area (Å²) in [5, 5.41) is 10.4. The number of thiazole rings is 1. The Balaban J connectivity index is 2.02. The standard InChI is InChI=1S/C14H10N4OS/c19-10-12-13(7-6-11-4-2-1-3-5-11)18(17-16-12)14-15-8-9-20-14/h1-10H/b7-6+. The molecule has 0 saturated carbocycles. The van der Waals surface area contributed by atoms with Crippen LogP contribution in [-0.4, -0.2) is 26.3 Å². The second kappa shape index (κ2) is 5.58. The van der Waals surface area contributed by atoms with E-state index in [9.17, 15) is 4.79 Å². The molecule has 0 atom stereocenters. The van der Waals surface area contributed by atoms with Crippen molar-refractivity contribution in [3.63, 3.8) is 0 Å². The van der Waals surface area contributed by atoms with Crippen LogP contribution in [0.5, 0.6) is 0 Å². The molecule has 3 aromatic rings. The van der Waals surface area contributed by atoms with Crippen LogP contribution in [0.15, 0.2) is 41.9 Å². The first-order valence-corrected chi connectivity index (χ1v) is 6.80. The van der Waals surface area contributed by atoms with Gasteiger partial charge in [-0.3, -0.25) is 4.79 Å². The molecule has 2 aromatic heterocycles. The Hall–Kier alpha value is -2.60. The van der Waals surface area contributed by atoms with E-state index in [1.54, 1.807) is 10.9 Å². The highest BCUT2D eigenvalue weighted by Crippen LogP contribution is 2.17. The molecule has 0 aliphatic heterocycles. The van der Waals surface area contributed by atoms with Crippen LogP contribution in [0.25, 0.3) is 17.3 Å². The van der Waals surface area contributed by atoms with Crippen molar-refractivity contribution in [2.45, 2.75) is 0 Å². The lowest BCUT2D eigenvalue weighted by Gasteiger charge is -1.98. The quantitative estimate of drug-likeness (QED) is 0.690. The van der Waals surface area contributed by atoms with Crippen molar-refractivity contribution in [1.82, 2.24) is 20.0 Å². The summed E-state index contributed by atoms with van der Waals surface area (Å²) in [5.41, 5.74) is 1.96. The molecular weight excluding hydrogens is 272 g/mol. The highest BCUT2D eigenvalue weighted by atomic mass is 32.1. The summed E-state index contributed by atoms with van der Waals surface area (Å²) >= 11 is 1.44. The van der Waals surface area contributed by atoms with Crippen LogP contribution in [0, 0.1) is 0 Å². The predicted octanol–water partition coefficient (Wildman–Crippen LogP) is 2.71. The number of carbonyl (C=O) groups excluding carboxylic acids is 1. The smallest absolute Gasteiger partial charge is 0.212 e. The van der Waals surface area contributed by atoms with Crippen LogP contribution in [-0.2, 0) is 0 Å². The average Bonchev–Trinajstić information content (AvgIpc) is 3.14. The van der Waals surface area contributed by atoms with Crippen LogP contribution in [0.3, 0.4) is 0 Å². The van der Waals surface area contributed by atoms with Crippen LogP contribution in [0.4, 0.5) is 0 Å². The van der Waals surface area contributed by atoms with E-state index in [-0.39, 0.29) is 0 Å². The molecule has 0 amide bonds. The number of carbonyl (C=O) groups is 1. The fourth-order valence-electron chi connectivity index (χ4n) is 1.74. The Morgan fingerprint density at radius 2 is 2.00 bits per heavy atom. The Morgan fingerprint density at radius 1 is 1.15 bits per heavy atom. The first-order chi connectivity index (χ1) is 9.88. The second-order valence-electron chi connectivity index (χ2n) is 3.95. The van der Waals surface area contributed by atoms with E-state index in [0.29, 0.717) is 22.8 Å². The van der Waals surface area contributed by atoms with Gasteiger partial charge in [-0.2, -0.15) is 4.68 Å². The number of nitrogens with zero attached hydrogens (tertiary/aromatic N) is 4. The van der Waals surface area contributed by atoms with Gasteiger partial charge in [0.05, 0.1) is 0 Å². The molecule has 6 heteroatoms. The monoisotopic (exact) mass is 282 g/mol. The summed E-state index contributed by atoms with van der Waals surface area (Å²) in [5.74, 6) is 0. The molecule has 0 N–H and O–H groups in total. The van der Waals surface area contributed by atoms with Gasteiger partial charge in [0.15, 0.2) is 12.0 Å². The summed E-state index contributed by atoms with van der Waals surface area (Å²) in [6.45, 7) is 0. The molecule has 0 fully saturated rings. The van der Waals surface area contributed by atoms with E-state index in [4.69, 9.17) is 0 Å². The second-order valence-corrected chi connectivity index (χ2v) is 4.82. The maximum atomic E-state index is 11.1. The van der Waals surface area contributed by atoms with Gasteiger partial charge in [-0.25, -0.2) is 4.98 Å². The van der Waals surface area contributed by atoms with Gasteiger partial charge in [0.2, 0.25) is 5.13 Å². The van der Waals surface area contributed by atoms with Crippen molar-refractivity contribution in [2.24, 2.45) is 0 Å². The number of hydrogen-bond donors (Lipinski definition) is 0. The van der Waals surface area contributed by atoms with Crippen molar-refractivity contribution in [3.05, 3.63) is 58.9 Å². The maximum absolute atomic E-state index is 11.1. The van der Waals surface area contributed by atoms with E-state index < -0.39 is 0 Å². The van der Waals surface area contributed by atoms with Crippen molar-refractivity contribution < 1.29 is 4.79 Å². The summed E-state index contributed by atoms with van der Waals surface area (Å²) in [6, 6.07) is 9.83. The van der Waals surface area contributed by atoms with Crippen molar-refractivity contribution >= 4 is 29.8 Å². The third kappa shape index (κ3) is 2.41. The van der Waals surface area contributed by atoms with Crippen LogP contribution in [0.1, 0.15) is 21.7 Å². The van der Waals surface area contributed by atoms with Crippen molar-refractivity contribution in [2.75, 3.05) is 0 Å². The maximum Gasteiger partial charge on any atom is 0.212 e. The first-order valence-electron chi connectivity index (χ1n) is 5.92. The van der Waals surface area contributed by atoms with Gasteiger partial charge in [-0.1, -0.05) is 41.6 Å². The van der Waals surface area contributed by atoms with Crippen LogP contribution >= 0.6 is 11.3 Å². The molecule has 1 aromatic carbocycles. The largest absolute Gasteiger partial charge is 0.296 e. The minimum Gasteiger partial charge on any atom is -0.296 e. The zero-order valence-electron chi connectivity index (χ0n) is 10.4. The molecule has 98 valence electrons. The zero-order valence-corrected chi connectivity index (χ0v) is 11.2. The highest BCUT2D eigenvalue weighted by molar-refractivity contribution is 7.12. The predicted molar refractivity (Wildman–Crippen MR) is 77.8 cm³/mol. The van der Waals surface area contributed by atoms with Gasteiger partial charge >= 0.3 is 0 Å². The fourth-order valence-corrected chi connectivity index (χ4v) is 2.34.